The van der Waals surface area contributed by atoms with Gasteiger partial charge in [-0.15, -0.1) is 0 Å². The molecule has 0 bridgehead atoms. The molecule has 25 heavy (non-hydrogen) atoms. The second-order valence-corrected chi connectivity index (χ2v) is 6.50. The maximum atomic E-state index is 12.5. The zero-order chi connectivity index (χ0) is 17.2. The molecule has 0 unspecified atom stereocenters. The smallest absolute Gasteiger partial charge is 0.176 e. The second-order valence-electron chi connectivity index (χ2n) is 6.50. The molecule has 126 valence electrons. The van der Waals surface area contributed by atoms with Gasteiger partial charge in [-0.1, -0.05) is 60.7 Å². The maximum Gasteiger partial charge on any atom is 0.176 e. The van der Waals surface area contributed by atoms with E-state index in [1.807, 2.05) is 48.5 Å². The minimum absolute atomic E-state index is 0.175. The minimum Gasteiger partial charge on any atom is -0.330 e. The van der Waals surface area contributed by atoms with Crippen molar-refractivity contribution in [2.75, 3.05) is 13.1 Å². The lowest BCUT2D eigenvalue weighted by Gasteiger charge is -2.26. The number of ketones is 1. The van der Waals surface area contributed by atoms with Crippen LogP contribution in [0.4, 0.5) is 0 Å². The molecule has 0 spiro atoms. The molecule has 1 aliphatic rings. The predicted octanol–water partition coefficient (Wildman–Crippen LogP) is 3.33. The van der Waals surface area contributed by atoms with E-state index in [0.29, 0.717) is 6.54 Å². The maximum absolute atomic E-state index is 12.5. The Labute approximate surface area is 147 Å². The first kappa shape index (κ1) is 15.8. The van der Waals surface area contributed by atoms with E-state index in [-0.39, 0.29) is 5.78 Å². The standard InChI is InChI=1S/C21H21N3O/c1-23-19-14-24(15-20(25)16-8-4-2-5-9-16)13-12-18(19)22-21(23)17-10-6-3-7-11-17/h2-11H,12-15H2,1H3. The summed E-state index contributed by atoms with van der Waals surface area (Å²) in [6, 6.07) is 19.8. The molecule has 4 heteroatoms. The SMILES string of the molecule is Cn1c(-c2ccccc2)nc2c1CN(CC(=O)c1ccccc1)CC2. The Morgan fingerprint density at radius 3 is 2.44 bits per heavy atom. The number of nitrogens with zero attached hydrogens (tertiary/aromatic N) is 3. The quantitative estimate of drug-likeness (QED) is 0.688. The highest BCUT2D eigenvalue weighted by atomic mass is 16.1. The molecule has 4 rings (SSSR count). The van der Waals surface area contributed by atoms with Crippen molar-refractivity contribution in [2.45, 2.75) is 13.0 Å². The summed E-state index contributed by atoms with van der Waals surface area (Å²) in [7, 11) is 2.07. The molecule has 2 aromatic carbocycles. The molecule has 0 N–H and O–H groups in total. The summed E-state index contributed by atoms with van der Waals surface area (Å²) in [5.74, 6) is 1.18. The Hall–Kier alpha value is -2.72. The highest BCUT2D eigenvalue weighted by Gasteiger charge is 2.24. The van der Waals surface area contributed by atoms with Crippen molar-refractivity contribution in [3.05, 3.63) is 77.6 Å². The lowest BCUT2D eigenvalue weighted by Crippen LogP contribution is -2.35. The number of Topliss-reactive ketones (excluding diaryl/α,β-unsaturated/α-hetero) is 1. The normalized spacial score (nSPS) is 14.3. The van der Waals surface area contributed by atoms with Crippen LogP contribution in [0, 0.1) is 0 Å². The largest absolute Gasteiger partial charge is 0.330 e. The van der Waals surface area contributed by atoms with Crippen LogP contribution in [0.15, 0.2) is 60.7 Å². The van der Waals surface area contributed by atoms with Crippen molar-refractivity contribution < 1.29 is 4.79 Å². The van der Waals surface area contributed by atoms with Crippen LogP contribution in [0.25, 0.3) is 11.4 Å². The molecule has 0 saturated carbocycles. The van der Waals surface area contributed by atoms with Gasteiger partial charge in [0.1, 0.15) is 5.82 Å². The minimum atomic E-state index is 0.175. The fraction of sp³-hybridized carbons (Fsp3) is 0.238. The Morgan fingerprint density at radius 2 is 1.72 bits per heavy atom. The topological polar surface area (TPSA) is 38.1 Å². The highest BCUT2D eigenvalue weighted by molar-refractivity contribution is 5.97. The number of hydrogen-bond acceptors (Lipinski definition) is 3. The molecule has 0 fully saturated rings. The van der Waals surface area contributed by atoms with Gasteiger partial charge in [0, 0.05) is 37.7 Å². The molecule has 2 heterocycles. The molecule has 1 aliphatic heterocycles. The fourth-order valence-corrected chi connectivity index (χ4v) is 3.44. The van der Waals surface area contributed by atoms with Gasteiger partial charge in [0.05, 0.1) is 17.9 Å². The summed E-state index contributed by atoms with van der Waals surface area (Å²) in [6.07, 6.45) is 0.887. The predicted molar refractivity (Wildman–Crippen MR) is 98.4 cm³/mol. The zero-order valence-corrected chi connectivity index (χ0v) is 14.4. The fourth-order valence-electron chi connectivity index (χ4n) is 3.44. The van der Waals surface area contributed by atoms with Gasteiger partial charge in [-0.25, -0.2) is 4.98 Å². The van der Waals surface area contributed by atoms with Gasteiger partial charge in [0.15, 0.2) is 5.78 Å². The average molecular weight is 331 g/mol. The van der Waals surface area contributed by atoms with Crippen LogP contribution in [-0.2, 0) is 20.0 Å². The van der Waals surface area contributed by atoms with Crippen LogP contribution >= 0.6 is 0 Å². The van der Waals surface area contributed by atoms with Gasteiger partial charge in [0.2, 0.25) is 0 Å². The Bertz CT molecular complexity index is 884. The van der Waals surface area contributed by atoms with Gasteiger partial charge < -0.3 is 4.57 Å². The average Bonchev–Trinajstić information content (AvgIpc) is 2.99. The number of carbonyl (C=O) groups excluding carboxylic acids is 1. The van der Waals surface area contributed by atoms with Crippen LogP contribution < -0.4 is 0 Å². The van der Waals surface area contributed by atoms with E-state index >= 15 is 0 Å². The molecule has 0 atom stereocenters. The number of benzene rings is 2. The first-order chi connectivity index (χ1) is 12.2. The molecule has 0 saturated heterocycles. The molecule has 4 nitrogen and oxygen atoms in total. The number of hydrogen-bond donors (Lipinski definition) is 0. The highest BCUT2D eigenvalue weighted by Crippen LogP contribution is 2.25. The lowest BCUT2D eigenvalue weighted by molar-refractivity contribution is 0.0919. The third-order valence-corrected chi connectivity index (χ3v) is 4.83. The van der Waals surface area contributed by atoms with Crippen molar-refractivity contribution in [3.63, 3.8) is 0 Å². The van der Waals surface area contributed by atoms with E-state index < -0.39 is 0 Å². The van der Waals surface area contributed by atoms with E-state index in [1.54, 1.807) is 0 Å². The first-order valence-electron chi connectivity index (χ1n) is 8.63. The van der Waals surface area contributed by atoms with Crippen LogP contribution in [0.2, 0.25) is 0 Å². The van der Waals surface area contributed by atoms with Gasteiger partial charge in [-0.3, -0.25) is 9.69 Å². The van der Waals surface area contributed by atoms with Crippen molar-refractivity contribution >= 4 is 5.78 Å². The lowest BCUT2D eigenvalue weighted by atomic mass is 10.1. The second kappa shape index (κ2) is 6.65. The number of fused-ring (bicyclic) bond motifs is 1. The summed E-state index contributed by atoms with van der Waals surface area (Å²) in [5, 5.41) is 0. The summed E-state index contributed by atoms with van der Waals surface area (Å²) < 4.78 is 2.17. The van der Waals surface area contributed by atoms with Crippen LogP contribution in [-0.4, -0.2) is 33.3 Å². The first-order valence-corrected chi connectivity index (χ1v) is 8.63. The van der Waals surface area contributed by atoms with E-state index in [2.05, 4.69) is 28.6 Å². The molecule has 3 aromatic rings. The van der Waals surface area contributed by atoms with Gasteiger partial charge in [0.25, 0.3) is 0 Å². The number of carbonyl (C=O) groups is 1. The summed E-state index contributed by atoms with van der Waals surface area (Å²) in [6.45, 7) is 2.09. The Morgan fingerprint density at radius 1 is 1.04 bits per heavy atom. The molecular formula is C21H21N3O. The van der Waals surface area contributed by atoms with E-state index in [9.17, 15) is 4.79 Å². The molecule has 0 amide bonds. The van der Waals surface area contributed by atoms with E-state index in [4.69, 9.17) is 4.98 Å². The van der Waals surface area contributed by atoms with Gasteiger partial charge in [-0.2, -0.15) is 0 Å². The van der Waals surface area contributed by atoms with Gasteiger partial charge >= 0.3 is 0 Å². The van der Waals surface area contributed by atoms with E-state index in [1.165, 1.54) is 5.69 Å². The van der Waals surface area contributed by atoms with Crippen molar-refractivity contribution in [1.29, 1.82) is 0 Å². The van der Waals surface area contributed by atoms with Crippen LogP contribution in [0.5, 0.6) is 0 Å². The van der Waals surface area contributed by atoms with Crippen molar-refractivity contribution in [2.24, 2.45) is 7.05 Å². The van der Waals surface area contributed by atoms with Crippen LogP contribution in [0.1, 0.15) is 21.7 Å². The molecule has 0 radical (unpaired) electrons. The molecule has 0 aliphatic carbocycles. The third kappa shape index (κ3) is 3.13. The Balaban J connectivity index is 1.54. The van der Waals surface area contributed by atoms with Crippen molar-refractivity contribution in [1.82, 2.24) is 14.5 Å². The van der Waals surface area contributed by atoms with Gasteiger partial charge in [-0.05, 0) is 0 Å². The summed E-state index contributed by atoms with van der Waals surface area (Å²) in [5.41, 5.74) is 4.28. The van der Waals surface area contributed by atoms with E-state index in [0.717, 1.165) is 42.2 Å². The number of rotatable bonds is 4. The summed E-state index contributed by atoms with van der Waals surface area (Å²) >= 11 is 0. The molecular weight excluding hydrogens is 310 g/mol. The molecule has 1 aromatic heterocycles. The zero-order valence-electron chi connectivity index (χ0n) is 14.4. The summed E-state index contributed by atoms with van der Waals surface area (Å²) in [4.78, 5) is 19.5. The number of aromatic nitrogens is 2. The third-order valence-electron chi connectivity index (χ3n) is 4.83. The van der Waals surface area contributed by atoms with Crippen molar-refractivity contribution in [3.8, 4) is 11.4 Å². The monoisotopic (exact) mass is 331 g/mol. The Kier molecular flexibility index (Phi) is 4.20. The van der Waals surface area contributed by atoms with Crippen LogP contribution in [0.3, 0.4) is 0 Å². The number of imidazole rings is 1.